The molecule has 23 heavy (non-hydrogen) atoms. The Balaban J connectivity index is 1.72. The topological polar surface area (TPSA) is 49.4 Å². The minimum absolute atomic E-state index is 0.0773. The highest BCUT2D eigenvalue weighted by molar-refractivity contribution is 7.16. The molecule has 0 atom stereocenters. The molecular formula is C17H17ClN2O2S. The van der Waals surface area contributed by atoms with Gasteiger partial charge in [-0.2, -0.15) is 0 Å². The van der Waals surface area contributed by atoms with E-state index in [9.17, 15) is 9.59 Å². The Morgan fingerprint density at radius 2 is 2.13 bits per heavy atom. The number of thiophene rings is 1. The summed E-state index contributed by atoms with van der Waals surface area (Å²) in [6.07, 6.45) is 1.14. The Kier molecular flexibility index (Phi) is 4.68. The van der Waals surface area contributed by atoms with Gasteiger partial charge in [0, 0.05) is 30.6 Å². The molecule has 1 aromatic carbocycles. The maximum atomic E-state index is 12.5. The molecule has 0 saturated carbocycles. The third kappa shape index (κ3) is 3.74. The highest BCUT2D eigenvalue weighted by Crippen LogP contribution is 2.27. The van der Waals surface area contributed by atoms with Crippen LogP contribution in [-0.4, -0.2) is 23.3 Å². The molecule has 0 spiro atoms. The van der Waals surface area contributed by atoms with Crippen LogP contribution in [0.5, 0.6) is 0 Å². The highest BCUT2D eigenvalue weighted by atomic mass is 35.5. The molecule has 0 saturated heterocycles. The summed E-state index contributed by atoms with van der Waals surface area (Å²) in [5, 5.41) is 2.86. The van der Waals surface area contributed by atoms with Crippen LogP contribution in [0.4, 0.5) is 5.69 Å². The van der Waals surface area contributed by atoms with Gasteiger partial charge in [-0.05, 0) is 35.7 Å². The van der Waals surface area contributed by atoms with E-state index >= 15 is 0 Å². The molecular weight excluding hydrogens is 332 g/mol. The molecule has 120 valence electrons. The molecule has 1 aliphatic heterocycles. The third-order valence-corrected chi connectivity index (χ3v) is 5.11. The Bertz CT molecular complexity index is 757. The molecule has 1 aliphatic rings. The van der Waals surface area contributed by atoms with Gasteiger partial charge in [-0.15, -0.1) is 11.3 Å². The van der Waals surface area contributed by atoms with Gasteiger partial charge in [0.25, 0.3) is 0 Å². The number of halogens is 1. The molecule has 6 heteroatoms. The number of hydrogen-bond donors (Lipinski definition) is 1. The summed E-state index contributed by atoms with van der Waals surface area (Å²) in [4.78, 5) is 26.6. The lowest BCUT2D eigenvalue weighted by atomic mass is 9.97. The van der Waals surface area contributed by atoms with E-state index in [4.69, 9.17) is 11.6 Å². The zero-order chi connectivity index (χ0) is 16.4. The van der Waals surface area contributed by atoms with Gasteiger partial charge >= 0.3 is 0 Å². The van der Waals surface area contributed by atoms with Crippen LogP contribution in [-0.2, 0) is 29.0 Å². The van der Waals surface area contributed by atoms with Crippen LogP contribution in [0.15, 0.2) is 30.3 Å². The van der Waals surface area contributed by atoms with Crippen LogP contribution in [0, 0.1) is 0 Å². The Morgan fingerprint density at radius 1 is 1.30 bits per heavy atom. The first kappa shape index (κ1) is 16.0. The van der Waals surface area contributed by atoms with Gasteiger partial charge in [0.15, 0.2) is 0 Å². The lowest BCUT2D eigenvalue weighted by Gasteiger charge is -2.30. The zero-order valence-electron chi connectivity index (χ0n) is 12.8. The van der Waals surface area contributed by atoms with Crippen molar-refractivity contribution in [2.45, 2.75) is 26.3 Å². The largest absolute Gasteiger partial charge is 0.338 e. The number of amides is 2. The molecule has 1 aromatic heterocycles. The summed E-state index contributed by atoms with van der Waals surface area (Å²) in [6.45, 7) is 2.76. The van der Waals surface area contributed by atoms with Crippen molar-refractivity contribution in [3.05, 3.63) is 50.7 Å². The summed E-state index contributed by atoms with van der Waals surface area (Å²) in [6, 6.07) is 9.56. The molecule has 2 amide bonds. The van der Waals surface area contributed by atoms with Crippen LogP contribution < -0.4 is 5.32 Å². The number of hydrogen-bond acceptors (Lipinski definition) is 3. The Hall–Kier alpha value is -1.85. The van der Waals surface area contributed by atoms with Gasteiger partial charge < -0.3 is 10.2 Å². The van der Waals surface area contributed by atoms with Crippen molar-refractivity contribution in [1.29, 1.82) is 0 Å². The highest BCUT2D eigenvalue weighted by Gasteiger charge is 2.23. The average molecular weight is 349 g/mol. The monoisotopic (exact) mass is 348 g/mol. The van der Waals surface area contributed by atoms with Crippen molar-refractivity contribution in [2.24, 2.45) is 0 Å². The maximum absolute atomic E-state index is 12.5. The van der Waals surface area contributed by atoms with Crippen molar-refractivity contribution in [3.8, 4) is 0 Å². The summed E-state index contributed by atoms with van der Waals surface area (Å²) in [5.74, 6) is 0.0329. The SMILES string of the molecule is CC(=O)Nc1cccc2c1CCN(C(=O)Cc1ccc(Cl)s1)C2. The fourth-order valence-corrected chi connectivity index (χ4v) is 3.92. The molecule has 2 heterocycles. The number of nitrogens with zero attached hydrogens (tertiary/aromatic N) is 1. The van der Waals surface area contributed by atoms with Gasteiger partial charge in [0.2, 0.25) is 11.8 Å². The molecule has 0 fully saturated rings. The van der Waals surface area contributed by atoms with Gasteiger partial charge in [-0.3, -0.25) is 9.59 Å². The summed E-state index contributed by atoms with van der Waals surface area (Å²) >= 11 is 7.36. The van der Waals surface area contributed by atoms with E-state index in [0.717, 1.165) is 28.1 Å². The Labute approximate surface area is 144 Å². The first-order valence-corrected chi connectivity index (χ1v) is 8.62. The zero-order valence-corrected chi connectivity index (χ0v) is 14.3. The summed E-state index contributed by atoms with van der Waals surface area (Å²) in [7, 11) is 0. The van der Waals surface area contributed by atoms with E-state index in [2.05, 4.69) is 5.32 Å². The second-order valence-corrected chi connectivity index (χ2v) is 7.37. The van der Waals surface area contributed by atoms with Crippen LogP contribution >= 0.6 is 22.9 Å². The fraction of sp³-hybridized carbons (Fsp3) is 0.294. The maximum Gasteiger partial charge on any atom is 0.228 e. The molecule has 0 aliphatic carbocycles. The first-order valence-electron chi connectivity index (χ1n) is 7.43. The Morgan fingerprint density at radius 3 is 2.83 bits per heavy atom. The average Bonchev–Trinajstić information content (AvgIpc) is 2.91. The van der Waals surface area contributed by atoms with E-state index in [-0.39, 0.29) is 11.8 Å². The minimum Gasteiger partial charge on any atom is -0.338 e. The number of fused-ring (bicyclic) bond motifs is 1. The van der Waals surface area contributed by atoms with Crippen molar-refractivity contribution in [1.82, 2.24) is 4.90 Å². The molecule has 2 aromatic rings. The van der Waals surface area contributed by atoms with Crippen LogP contribution in [0.3, 0.4) is 0 Å². The normalized spacial score (nSPS) is 13.6. The van der Waals surface area contributed by atoms with Crippen molar-refractivity contribution >= 4 is 40.4 Å². The first-order chi connectivity index (χ1) is 11.0. The van der Waals surface area contributed by atoms with Gasteiger partial charge in [0.05, 0.1) is 10.8 Å². The number of carbonyl (C=O) groups excluding carboxylic acids is 2. The smallest absolute Gasteiger partial charge is 0.228 e. The number of anilines is 1. The molecule has 0 unspecified atom stereocenters. The van der Waals surface area contributed by atoms with Crippen molar-refractivity contribution in [3.63, 3.8) is 0 Å². The van der Waals surface area contributed by atoms with E-state index in [1.54, 1.807) is 0 Å². The van der Waals surface area contributed by atoms with Crippen molar-refractivity contribution in [2.75, 3.05) is 11.9 Å². The second-order valence-electron chi connectivity index (χ2n) is 5.57. The van der Waals surface area contributed by atoms with Crippen LogP contribution in [0.1, 0.15) is 22.9 Å². The molecule has 1 N–H and O–H groups in total. The van der Waals surface area contributed by atoms with E-state index in [1.165, 1.54) is 18.3 Å². The van der Waals surface area contributed by atoms with Gasteiger partial charge in [-0.25, -0.2) is 0 Å². The molecule has 4 nitrogen and oxygen atoms in total. The van der Waals surface area contributed by atoms with Gasteiger partial charge in [0.1, 0.15) is 0 Å². The van der Waals surface area contributed by atoms with E-state index in [1.807, 2.05) is 35.2 Å². The van der Waals surface area contributed by atoms with Crippen molar-refractivity contribution < 1.29 is 9.59 Å². The van der Waals surface area contributed by atoms with Crippen LogP contribution in [0.2, 0.25) is 4.34 Å². The van der Waals surface area contributed by atoms with E-state index < -0.39 is 0 Å². The predicted molar refractivity (Wildman–Crippen MR) is 92.9 cm³/mol. The lowest BCUT2D eigenvalue weighted by Crippen LogP contribution is -2.37. The van der Waals surface area contributed by atoms with Crippen LogP contribution in [0.25, 0.3) is 0 Å². The minimum atomic E-state index is -0.0773. The standard InChI is InChI=1S/C17H17ClN2O2S/c1-11(21)19-15-4-2-3-12-10-20(8-7-14(12)15)17(22)9-13-5-6-16(18)23-13/h2-6H,7-10H2,1H3,(H,19,21). The predicted octanol–water partition coefficient (Wildman–Crippen LogP) is 3.49. The number of nitrogens with one attached hydrogen (secondary N) is 1. The number of carbonyl (C=O) groups is 2. The summed E-state index contributed by atoms with van der Waals surface area (Å²) < 4.78 is 0.705. The fourth-order valence-electron chi connectivity index (χ4n) is 2.84. The molecule has 3 rings (SSSR count). The number of rotatable bonds is 3. The number of benzene rings is 1. The third-order valence-electron chi connectivity index (χ3n) is 3.88. The lowest BCUT2D eigenvalue weighted by molar-refractivity contribution is -0.131. The van der Waals surface area contributed by atoms with Gasteiger partial charge in [-0.1, -0.05) is 23.7 Å². The molecule has 0 bridgehead atoms. The molecule has 0 radical (unpaired) electrons. The quantitative estimate of drug-likeness (QED) is 0.923. The summed E-state index contributed by atoms with van der Waals surface area (Å²) in [5.41, 5.74) is 3.08. The van der Waals surface area contributed by atoms with E-state index in [0.29, 0.717) is 23.8 Å². The second kappa shape index (κ2) is 6.72.